The maximum Gasteiger partial charge on any atom is 0.243 e. The van der Waals surface area contributed by atoms with Gasteiger partial charge in [-0.1, -0.05) is 37.7 Å². The highest BCUT2D eigenvalue weighted by Crippen LogP contribution is 2.26. The molecule has 1 saturated heterocycles. The van der Waals surface area contributed by atoms with E-state index < -0.39 is 19.9 Å². The lowest BCUT2D eigenvalue weighted by molar-refractivity contribution is -0.129. The third kappa shape index (κ3) is 5.56. The van der Waals surface area contributed by atoms with Crippen LogP contribution in [0.4, 0.5) is 0 Å². The predicted molar refractivity (Wildman–Crippen MR) is 131 cm³/mol. The first-order valence-corrected chi connectivity index (χ1v) is 15.2. The quantitative estimate of drug-likeness (QED) is 0.348. The number of hydrogen-bond acceptors (Lipinski definition) is 9. The number of amides is 1. The number of hydrogen-bond donors (Lipinski definition) is 1. The fourth-order valence-corrected chi connectivity index (χ4v) is 7.93. The van der Waals surface area contributed by atoms with Crippen molar-refractivity contribution in [2.24, 2.45) is 0 Å². The largest absolute Gasteiger partial charge is 0.338 e. The summed E-state index contributed by atoms with van der Waals surface area (Å²) in [6.07, 6.45) is 0.441. The number of nitrogens with zero attached hydrogens (tertiary/aromatic N) is 5. The van der Waals surface area contributed by atoms with Crippen molar-refractivity contribution < 1.29 is 21.6 Å². The highest BCUT2D eigenvalue weighted by atomic mass is 32.2. The Morgan fingerprint density at radius 3 is 2.50 bits per heavy atom. The molecule has 1 amide bonds. The minimum atomic E-state index is -3.65. The lowest BCUT2D eigenvalue weighted by Gasteiger charge is -2.26. The van der Waals surface area contributed by atoms with E-state index in [2.05, 4.69) is 10.2 Å². The van der Waals surface area contributed by atoms with Crippen LogP contribution in [0.3, 0.4) is 0 Å². The lowest BCUT2D eigenvalue weighted by atomic mass is 10.2. The monoisotopic (exact) mass is 530 g/mol. The van der Waals surface area contributed by atoms with Gasteiger partial charge in [-0.2, -0.15) is 4.31 Å². The number of carbonyl (C=O) groups is 1. The smallest absolute Gasteiger partial charge is 0.243 e. The van der Waals surface area contributed by atoms with E-state index in [1.54, 1.807) is 30.9 Å². The van der Waals surface area contributed by atoms with E-state index in [0.717, 1.165) is 11.8 Å². The summed E-state index contributed by atoms with van der Waals surface area (Å²) >= 11 is 1.09. The van der Waals surface area contributed by atoms with Crippen LogP contribution in [-0.2, 0) is 24.7 Å². The predicted octanol–water partition coefficient (Wildman–Crippen LogP) is 0.817. The molecule has 3 rings (SSSR count). The number of benzene rings is 1. The third-order valence-electron chi connectivity index (χ3n) is 5.73. The molecule has 2 aromatic rings. The first-order valence-electron chi connectivity index (χ1n) is 11.0. The Labute approximate surface area is 204 Å². The van der Waals surface area contributed by atoms with E-state index in [4.69, 9.17) is 5.84 Å². The van der Waals surface area contributed by atoms with Crippen molar-refractivity contribution in [3.63, 3.8) is 0 Å². The molecule has 2 heterocycles. The van der Waals surface area contributed by atoms with Crippen molar-refractivity contribution in [1.29, 1.82) is 0 Å². The number of sulfone groups is 1. The highest BCUT2D eigenvalue weighted by Gasteiger charge is 2.34. The molecule has 0 aliphatic carbocycles. The van der Waals surface area contributed by atoms with E-state index >= 15 is 0 Å². The molecule has 14 heteroatoms. The molecule has 1 atom stereocenters. The Balaban J connectivity index is 1.75. The van der Waals surface area contributed by atoms with E-state index in [-0.39, 0.29) is 45.1 Å². The zero-order valence-corrected chi connectivity index (χ0v) is 21.9. The molecule has 0 spiro atoms. The molecule has 1 fully saturated rings. The van der Waals surface area contributed by atoms with Gasteiger partial charge in [0.15, 0.2) is 15.7 Å². The summed E-state index contributed by atoms with van der Waals surface area (Å²) in [6, 6.07) is 6.01. The number of aromatic nitrogens is 3. The van der Waals surface area contributed by atoms with Crippen LogP contribution in [0.25, 0.3) is 11.4 Å². The van der Waals surface area contributed by atoms with E-state index in [0.29, 0.717) is 31.6 Å². The first-order chi connectivity index (χ1) is 16.0. The zero-order valence-electron chi connectivity index (χ0n) is 19.4. The zero-order chi connectivity index (χ0) is 25.1. The van der Waals surface area contributed by atoms with Crippen molar-refractivity contribution in [1.82, 2.24) is 24.1 Å². The molecule has 0 unspecified atom stereocenters. The van der Waals surface area contributed by atoms with Gasteiger partial charge in [0.25, 0.3) is 0 Å². The van der Waals surface area contributed by atoms with Crippen LogP contribution >= 0.6 is 11.8 Å². The van der Waals surface area contributed by atoms with Gasteiger partial charge >= 0.3 is 0 Å². The minimum absolute atomic E-state index is 0.0127. The fourth-order valence-electron chi connectivity index (χ4n) is 3.95. The Morgan fingerprint density at radius 2 is 1.91 bits per heavy atom. The van der Waals surface area contributed by atoms with Crippen LogP contribution < -0.4 is 5.84 Å². The van der Waals surface area contributed by atoms with Crippen molar-refractivity contribution >= 4 is 37.5 Å². The second-order valence-corrected chi connectivity index (χ2v) is 12.9. The molecule has 0 bridgehead atoms. The van der Waals surface area contributed by atoms with Gasteiger partial charge in [-0.3, -0.25) is 4.79 Å². The Bertz CT molecular complexity index is 1240. The second kappa shape index (κ2) is 10.6. The summed E-state index contributed by atoms with van der Waals surface area (Å²) in [4.78, 5) is 14.5. The number of nitrogens with two attached hydrogens (primary N) is 1. The molecule has 1 aromatic heterocycles. The van der Waals surface area contributed by atoms with Gasteiger partial charge in [-0.15, -0.1) is 10.2 Å². The first kappa shape index (κ1) is 26.4. The molecule has 0 radical (unpaired) electrons. The van der Waals surface area contributed by atoms with E-state index in [9.17, 15) is 21.6 Å². The molecular formula is C20H30N6O5S3. The molecule has 1 aliphatic rings. The van der Waals surface area contributed by atoms with Crippen molar-refractivity contribution in [2.75, 3.05) is 42.7 Å². The summed E-state index contributed by atoms with van der Waals surface area (Å²) < 4.78 is 51.9. The lowest BCUT2D eigenvalue weighted by Crippen LogP contribution is -2.42. The van der Waals surface area contributed by atoms with Gasteiger partial charge in [0.1, 0.15) is 0 Å². The van der Waals surface area contributed by atoms with E-state index in [1.807, 2.05) is 6.92 Å². The highest BCUT2D eigenvalue weighted by molar-refractivity contribution is 7.99. The number of nitrogen functional groups attached to an aromatic ring is 1. The molecule has 34 heavy (non-hydrogen) atoms. The maximum atomic E-state index is 12.9. The van der Waals surface area contributed by atoms with Gasteiger partial charge in [0.05, 0.1) is 22.2 Å². The molecule has 11 nitrogen and oxygen atoms in total. The SMILES string of the molecule is CCN(C(=O)CSc1nnc(-c2cccc(S(=O)(=O)N(CC)CC)c2)n1N)[C@H]1CCS(=O)(=O)C1. The summed E-state index contributed by atoms with van der Waals surface area (Å²) in [5, 5.41) is 8.43. The third-order valence-corrected chi connectivity index (χ3v) is 10.5. The molecule has 2 N–H and O–H groups in total. The fraction of sp³-hybridized carbons (Fsp3) is 0.550. The van der Waals surface area contributed by atoms with Gasteiger partial charge in [0.2, 0.25) is 21.1 Å². The van der Waals surface area contributed by atoms with Crippen LogP contribution in [0.5, 0.6) is 0 Å². The average Bonchev–Trinajstić information content (AvgIpc) is 3.35. The topological polar surface area (TPSA) is 149 Å². The molecule has 188 valence electrons. The Hall–Kier alpha value is -2.16. The van der Waals surface area contributed by atoms with Gasteiger partial charge in [0, 0.05) is 31.2 Å². The van der Waals surface area contributed by atoms with Crippen LogP contribution in [0, 0.1) is 0 Å². The Morgan fingerprint density at radius 1 is 1.21 bits per heavy atom. The maximum absolute atomic E-state index is 12.9. The van der Waals surface area contributed by atoms with Crippen LogP contribution in [0.2, 0.25) is 0 Å². The second-order valence-electron chi connectivity index (χ2n) is 7.82. The van der Waals surface area contributed by atoms with Gasteiger partial charge in [-0.05, 0) is 25.5 Å². The van der Waals surface area contributed by atoms with Crippen LogP contribution in [-0.4, -0.2) is 89.8 Å². The Kier molecular flexibility index (Phi) is 8.26. The van der Waals surface area contributed by atoms with Crippen molar-refractivity contribution in [2.45, 2.75) is 43.3 Å². The van der Waals surface area contributed by atoms with Crippen molar-refractivity contribution in [3.05, 3.63) is 24.3 Å². The number of thioether (sulfide) groups is 1. The standard InChI is InChI=1S/C20H30N6O5S3/c1-4-24(5-2)34(30,31)17-9-7-8-15(12-17)19-22-23-20(26(19)21)32-13-18(27)25(6-3)16-10-11-33(28,29)14-16/h7-9,12,16H,4-6,10-11,13-14,21H2,1-3H3/t16-/m0/s1. The average molecular weight is 531 g/mol. The van der Waals surface area contributed by atoms with Crippen molar-refractivity contribution in [3.8, 4) is 11.4 Å². The molecule has 0 saturated carbocycles. The molecule has 1 aliphatic heterocycles. The van der Waals surface area contributed by atoms with Crippen LogP contribution in [0.15, 0.2) is 34.3 Å². The summed E-state index contributed by atoms with van der Waals surface area (Å²) in [5.74, 6) is 6.33. The van der Waals surface area contributed by atoms with Gasteiger partial charge in [-0.25, -0.2) is 21.5 Å². The summed E-state index contributed by atoms with van der Waals surface area (Å²) in [6.45, 7) is 6.48. The number of carbonyl (C=O) groups excluding carboxylic acids is 1. The number of sulfonamides is 1. The van der Waals surface area contributed by atoms with Crippen LogP contribution in [0.1, 0.15) is 27.2 Å². The number of rotatable bonds is 10. The van der Waals surface area contributed by atoms with Gasteiger partial charge < -0.3 is 10.7 Å². The van der Waals surface area contributed by atoms with E-state index in [1.165, 1.54) is 21.1 Å². The molecular weight excluding hydrogens is 500 g/mol. The summed E-state index contributed by atoms with van der Waals surface area (Å²) in [7, 11) is -6.75. The molecule has 1 aromatic carbocycles. The normalized spacial score (nSPS) is 17.8. The minimum Gasteiger partial charge on any atom is -0.338 e. The summed E-state index contributed by atoms with van der Waals surface area (Å²) in [5.41, 5.74) is 0.479.